The third-order valence-corrected chi connectivity index (χ3v) is 7.04. The standard InChI is InChI=1S/C29H24N2OS/c1-20-13-14-21(2)27-26(20)30-29(33-27)31(19-22-9-5-3-6-10-22)28(32)25-17-15-24(16-18-25)23-11-7-4-8-12-23/h3-18H,19H2,1-2H3. The van der Waals surface area contributed by atoms with Crippen molar-refractivity contribution in [3.05, 3.63) is 119 Å². The van der Waals surface area contributed by atoms with Gasteiger partial charge < -0.3 is 0 Å². The Balaban J connectivity index is 1.54. The highest BCUT2D eigenvalue weighted by atomic mass is 32.1. The highest BCUT2D eigenvalue weighted by molar-refractivity contribution is 7.22. The Bertz CT molecular complexity index is 1370. The first kappa shape index (κ1) is 21.1. The van der Waals surface area contributed by atoms with Crippen molar-refractivity contribution < 1.29 is 4.79 Å². The van der Waals surface area contributed by atoms with Crippen molar-refractivity contribution in [3.63, 3.8) is 0 Å². The Morgan fingerprint density at radius 3 is 2.03 bits per heavy atom. The fraction of sp³-hybridized carbons (Fsp3) is 0.103. The molecule has 0 spiro atoms. The van der Waals surface area contributed by atoms with E-state index in [1.807, 2.05) is 72.8 Å². The molecule has 0 radical (unpaired) electrons. The average Bonchev–Trinajstić information content (AvgIpc) is 3.32. The smallest absolute Gasteiger partial charge is 0.260 e. The number of nitrogens with zero attached hydrogens (tertiary/aromatic N) is 2. The lowest BCUT2D eigenvalue weighted by Crippen LogP contribution is -2.30. The summed E-state index contributed by atoms with van der Waals surface area (Å²) in [4.78, 5) is 20.4. The lowest BCUT2D eigenvalue weighted by Gasteiger charge is -2.20. The van der Waals surface area contributed by atoms with Gasteiger partial charge in [0.05, 0.1) is 16.8 Å². The molecule has 0 unspecified atom stereocenters. The molecule has 5 aromatic rings. The Morgan fingerprint density at radius 1 is 0.758 bits per heavy atom. The van der Waals surface area contributed by atoms with Crippen LogP contribution in [-0.2, 0) is 6.54 Å². The van der Waals surface area contributed by atoms with Gasteiger partial charge in [0, 0.05) is 5.56 Å². The topological polar surface area (TPSA) is 33.2 Å². The maximum Gasteiger partial charge on any atom is 0.260 e. The number of thiazole rings is 1. The number of rotatable bonds is 5. The lowest BCUT2D eigenvalue weighted by atomic mass is 10.0. The van der Waals surface area contributed by atoms with Crippen LogP contribution in [0.5, 0.6) is 0 Å². The van der Waals surface area contributed by atoms with Crippen LogP contribution < -0.4 is 4.90 Å². The summed E-state index contributed by atoms with van der Waals surface area (Å²) in [5, 5.41) is 0.725. The zero-order valence-corrected chi connectivity index (χ0v) is 19.5. The van der Waals surface area contributed by atoms with Gasteiger partial charge in [-0.25, -0.2) is 4.98 Å². The van der Waals surface area contributed by atoms with Crippen LogP contribution in [0.25, 0.3) is 21.3 Å². The van der Waals surface area contributed by atoms with E-state index in [0.29, 0.717) is 12.1 Å². The predicted molar refractivity (Wildman–Crippen MR) is 138 cm³/mol. The van der Waals surface area contributed by atoms with Gasteiger partial charge in [0.1, 0.15) is 0 Å². The second-order valence-corrected chi connectivity index (χ2v) is 9.17. The minimum Gasteiger partial charge on any atom is -0.279 e. The molecule has 1 heterocycles. The summed E-state index contributed by atoms with van der Waals surface area (Å²) in [6.07, 6.45) is 0. The van der Waals surface area contributed by atoms with Gasteiger partial charge >= 0.3 is 0 Å². The number of anilines is 1. The summed E-state index contributed by atoms with van der Waals surface area (Å²) < 4.78 is 1.13. The third kappa shape index (κ3) is 4.30. The number of hydrogen-bond acceptors (Lipinski definition) is 3. The molecule has 0 atom stereocenters. The van der Waals surface area contributed by atoms with Crippen LogP contribution in [0, 0.1) is 13.8 Å². The van der Waals surface area contributed by atoms with E-state index in [1.165, 1.54) is 5.56 Å². The first-order valence-corrected chi connectivity index (χ1v) is 11.8. The summed E-state index contributed by atoms with van der Waals surface area (Å²) in [6, 6.07) is 32.3. The molecule has 0 fully saturated rings. The van der Waals surface area contributed by atoms with Crippen LogP contribution >= 0.6 is 11.3 Å². The molecule has 162 valence electrons. The molecule has 33 heavy (non-hydrogen) atoms. The molecule has 0 saturated heterocycles. The number of carbonyl (C=O) groups is 1. The number of carbonyl (C=O) groups excluding carboxylic acids is 1. The highest BCUT2D eigenvalue weighted by Crippen LogP contribution is 2.34. The zero-order chi connectivity index (χ0) is 22.8. The number of aromatic nitrogens is 1. The van der Waals surface area contributed by atoms with Crippen molar-refractivity contribution in [1.29, 1.82) is 0 Å². The first-order valence-electron chi connectivity index (χ1n) is 11.0. The van der Waals surface area contributed by atoms with Gasteiger partial charge in [-0.2, -0.15) is 0 Å². The highest BCUT2D eigenvalue weighted by Gasteiger charge is 2.22. The SMILES string of the molecule is Cc1ccc(C)c2sc(N(Cc3ccccc3)C(=O)c3ccc(-c4ccccc4)cc3)nc12. The second kappa shape index (κ2) is 9.00. The average molecular weight is 449 g/mol. The molecule has 0 saturated carbocycles. The molecule has 0 aliphatic carbocycles. The number of fused-ring (bicyclic) bond motifs is 1. The van der Waals surface area contributed by atoms with Crippen LogP contribution in [0.1, 0.15) is 27.0 Å². The van der Waals surface area contributed by atoms with E-state index < -0.39 is 0 Å². The number of amides is 1. The second-order valence-electron chi connectivity index (χ2n) is 8.19. The van der Waals surface area contributed by atoms with E-state index in [-0.39, 0.29) is 5.91 Å². The van der Waals surface area contributed by atoms with Gasteiger partial charge in [-0.1, -0.05) is 96.3 Å². The molecule has 4 aromatic carbocycles. The van der Waals surface area contributed by atoms with Gasteiger partial charge in [-0.15, -0.1) is 0 Å². The van der Waals surface area contributed by atoms with E-state index in [0.717, 1.165) is 37.6 Å². The minimum atomic E-state index is -0.0483. The van der Waals surface area contributed by atoms with Crippen molar-refractivity contribution in [2.45, 2.75) is 20.4 Å². The van der Waals surface area contributed by atoms with Crippen LogP contribution in [0.4, 0.5) is 5.13 Å². The molecule has 3 nitrogen and oxygen atoms in total. The lowest BCUT2D eigenvalue weighted by molar-refractivity contribution is 0.0985. The van der Waals surface area contributed by atoms with Crippen molar-refractivity contribution >= 4 is 32.6 Å². The Hall–Kier alpha value is -3.76. The molecule has 0 bridgehead atoms. The normalized spacial score (nSPS) is 11.0. The quantitative estimate of drug-likeness (QED) is 0.280. The molecule has 1 amide bonds. The van der Waals surface area contributed by atoms with Crippen LogP contribution in [0.15, 0.2) is 97.1 Å². The molecule has 0 aliphatic rings. The van der Waals surface area contributed by atoms with Gasteiger partial charge in [0.25, 0.3) is 5.91 Å². The molecule has 1 aromatic heterocycles. The van der Waals surface area contributed by atoms with Crippen LogP contribution in [-0.4, -0.2) is 10.9 Å². The fourth-order valence-corrected chi connectivity index (χ4v) is 5.06. The largest absolute Gasteiger partial charge is 0.279 e. The van der Waals surface area contributed by atoms with E-state index in [4.69, 9.17) is 4.98 Å². The van der Waals surface area contributed by atoms with E-state index in [2.05, 4.69) is 38.1 Å². The Labute approximate surface area is 198 Å². The van der Waals surface area contributed by atoms with Crippen LogP contribution in [0.3, 0.4) is 0 Å². The molecule has 0 aliphatic heterocycles. The summed E-state index contributed by atoms with van der Waals surface area (Å²) >= 11 is 1.58. The predicted octanol–water partition coefficient (Wildman–Crippen LogP) is 7.43. The first-order chi connectivity index (χ1) is 16.1. The monoisotopic (exact) mass is 448 g/mol. The molecule has 0 N–H and O–H groups in total. The molecular formula is C29H24N2OS. The van der Waals surface area contributed by atoms with E-state index in [1.54, 1.807) is 16.2 Å². The maximum atomic E-state index is 13.7. The van der Waals surface area contributed by atoms with Gasteiger partial charge in [-0.3, -0.25) is 9.69 Å². The minimum absolute atomic E-state index is 0.0483. The molecule has 4 heteroatoms. The third-order valence-electron chi connectivity index (χ3n) is 5.83. The summed E-state index contributed by atoms with van der Waals surface area (Å²) in [5.41, 5.74) is 7.22. The van der Waals surface area contributed by atoms with Gasteiger partial charge in [0.2, 0.25) is 0 Å². The van der Waals surface area contributed by atoms with Crippen LogP contribution in [0.2, 0.25) is 0 Å². The summed E-state index contributed by atoms with van der Waals surface area (Å²) in [7, 11) is 0. The van der Waals surface area contributed by atoms with Crippen molar-refractivity contribution in [1.82, 2.24) is 4.98 Å². The summed E-state index contributed by atoms with van der Waals surface area (Å²) in [6.45, 7) is 4.63. The molecular weight excluding hydrogens is 424 g/mol. The van der Waals surface area contributed by atoms with Gasteiger partial charge in [-0.05, 0) is 53.8 Å². The number of aryl methyl sites for hydroxylation is 2. The Kier molecular flexibility index (Phi) is 5.76. The zero-order valence-electron chi connectivity index (χ0n) is 18.7. The van der Waals surface area contributed by atoms with Crippen molar-refractivity contribution in [2.24, 2.45) is 0 Å². The fourth-order valence-electron chi connectivity index (χ4n) is 3.95. The number of benzene rings is 4. The van der Waals surface area contributed by atoms with Gasteiger partial charge in [0.15, 0.2) is 5.13 Å². The number of hydrogen-bond donors (Lipinski definition) is 0. The maximum absolute atomic E-state index is 13.7. The van der Waals surface area contributed by atoms with Crippen molar-refractivity contribution in [2.75, 3.05) is 4.90 Å². The summed E-state index contributed by atoms with van der Waals surface area (Å²) in [5.74, 6) is -0.0483. The Morgan fingerprint density at radius 2 is 1.36 bits per heavy atom. The van der Waals surface area contributed by atoms with Crippen molar-refractivity contribution in [3.8, 4) is 11.1 Å². The molecule has 5 rings (SSSR count). The van der Waals surface area contributed by atoms with E-state index >= 15 is 0 Å². The van der Waals surface area contributed by atoms with E-state index in [9.17, 15) is 4.79 Å².